The Morgan fingerprint density at radius 3 is 2.52 bits per heavy atom. The van der Waals surface area contributed by atoms with Crippen molar-refractivity contribution in [1.29, 1.82) is 0 Å². The lowest BCUT2D eigenvalue weighted by Gasteiger charge is -2.31. The van der Waals surface area contributed by atoms with Gasteiger partial charge in [0.2, 0.25) is 5.91 Å². The highest BCUT2D eigenvalue weighted by molar-refractivity contribution is 6.02. The average molecular weight is 374 g/mol. The second-order valence-corrected chi connectivity index (χ2v) is 7.57. The quantitative estimate of drug-likeness (QED) is 0.616. The number of piperidine rings is 1. The molecule has 0 aromatic heterocycles. The van der Waals surface area contributed by atoms with Crippen molar-refractivity contribution in [3.63, 3.8) is 0 Å². The van der Waals surface area contributed by atoms with E-state index in [1.807, 2.05) is 25.1 Å². The molecule has 1 aromatic rings. The highest BCUT2D eigenvalue weighted by Gasteiger charge is 2.20. The Balaban J connectivity index is 2.18. The first kappa shape index (κ1) is 21.3. The van der Waals surface area contributed by atoms with Gasteiger partial charge in [0.05, 0.1) is 5.56 Å². The van der Waals surface area contributed by atoms with Gasteiger partial charge in [0.15, 0.2) is 0 Å². The molecule has 150 valence electrons. The fourth-order valence-electron chi connectivity index (χ4n) is 3.37. The van der Waals surface area contributed by atoms with Crippen molar-refractivity contribution < 1.29 is 9.59 Å². The Morgan fingerprint density at radius 1 is 1.11 bits per heavy atom. The van der Waals surface area contributed by atoms with E-state index in [1.54, 1.807) is 0 Å². The number of nitrogens with one attached hydrogen (secondary N) is 2. The van der Waals surface area contributed by atoms with Gasteiger partial charge in [0, 0.05) is 36.9 Å². The zero-order chi connectivity index (χ0) is 19.6. The smallest absolute Gasteiger partial charge is 0.253 e. The molecule has 5 nitrogen and oxygen atoms in total. The normalized spacial score (nSPS) is 15.3. The summed E-state index contributed by atoms with van der Waals surface area (Å²) in [5.41, 5.74) is 2.33. The van der Waals surface area contributed by atoms with Crippen LogP contribution in [0.15, 0.2) is 18.2 Å². The van der Waals surface area contributed by atoms with E-state index in [-0.39, 0.29) is 17.9 Å². The molecule has 0 radical (unpaired) electrons. The fourth-order valence-corrected chi connectivity index (χ4v) is 3.37. The number of nitrogens with zero attached hydrogens (tertiary/aromatic N) is 1. The second-order valence-electron chi connectivity index (χ2n) is 7.57. The van der Waals surface area contributed by atoms with E-state index in [2.05, 4.69) is 29.4 Å². The lowest BCUT2D eigenvalue weighted by atomic mass is 10.0. The molecule has 0 aliphatic carbocycles. The van der Waals surface area contributed by atoms with Gasteiger partial charge >= 0.3 is 0 Å². The first-order chi connectivity index (χ1) is 13.0. The van der Waals surface area contributed by atoms with Crippen LogP contribution in [0.2, 0.25) is 0 Å². The maximum Gasteiger partial charge on any atom is 0.253 e. The molecule has 1 fully saturated rings. The van der Waals surface area contributed by atoms with Crippen LogP contribution in [-0.2, 0) is 4.79 Å². The SMILES string of the molecule is CCCCCC(=O)Nc1ccc(N2CCCCC2)c(C(=O)N[C@H](C)CC)c1. The van der Waals surface area contributed by atoms with Crippen molar-refractivity contribution in [1.82, 2.24) is 5.32 Å². The predicted molar refractivity (Wildman–Crippen MR) is 112 cm³/mol. The summed E-state index contributed by atoms with van der Waals surface area (Å²) in [6, 6.07) is 5.86. The van der Waals surface area contributed by atoms with Crippen LogP contribution in [-0.4, -0.2) is 30.9 Å². The number of amides is 2. The molecule has 27 heavy (non-hydrogen) atoms. The predicted octanol–water partition coefficient (Wildman–Crippen LogP) is 4.72. The van der Waals surface area contributed by atoms with Crippen LogP contribution in [0.4, 0.5) is 11.4 Å². The molecule has 0 spiro atoms. The number of carbonyl (C=O) groups is 2. The van der Waals surface area contributed by atoms with E-state index in [4.69, 9.17) is 0 Å². The van der Waals surface area contributed by atoms with Crippen LogP contribution < -0.4 is 15.5 Å². The van der Waals surface area contributed by atoms with Crippen molar-refractivity contribution in [2.45, 2.75) is 78.2 Å². The molecule has 1 saturated heterocycles. The number of anilines is 2. The third-order valence-corrected chi connectivity index (χ3v) is 5.22. The Bertz CT molecular complexity index is 624. The van der Waals surface area contributed by atoms with Crippen LogP contribution in [0.1, 0.15) is 82.5 Å². The largest absolute Gasteiger partial charge is 0.371 e. The van der Waals surface area contributed by atoms with E-state index in [1.165, 1.54) is 6.42 Å². The van der Waals surface area contributed by atoms with Crippen molar-refractivity contribution in [3.8, 4) is 0 Å². The number of hydrogen-bond acceptors (Lipinski definition) is 3. The summed E-state index contributed by atoms with van der Waals surface area (Å²) in [7, 11) is 0. The number of hydrogen-bond donors (Lipinski definition) is 2. The first-order valence-electron chi connectivity index (χ1n) is 10.5. The van der Waals surface area contributed by atoms with Gasteiger partial charge in [-0.2, -0.15) is 0 Å². The highest BCUT2D eigenvalue weighted by Crippen LogP contribution is 2.27. The Morgan fingerprint density at radius 2 is 1.85 bits per heavy atom. The molecular formula is C22H35N3O2. The Kier molecular flexibility index (Phi) is 8.62. The van der Waals surface area contributed by atoms with E-state index >= 15 is 0 Å². The molecule has 0 bridgehead atoms. The van der Waals surface area contributed by atoms with Gasteiger partial charge in [-0.25, -0.2) is 0 Å². The summed E-state index contributed by atoms with van der Waals surface area (Å²) < 4.78 is 0. The van der Waals surface area contributed by atoms with Crippen molar-refractivity contribution >= 4 is 23.2 Å². The standard InChI is InChI=1S/C22H35N3O2/c1-4-6-8-11-21(26)24-18-12-13-20(25-14-9-7-10-15-25)19(16-18)22(27)23-17(3)5-2/h12-13,16-17H,4-11,14-15H2,1-3H3,(H,23,27)(H,24,26)/t17-/m1/s1. The molecule has 5 heteroatoms. The van der Waals surface area contributed by atoms with Crippen LogP contribution in [0.25, 0.3) is 0 Å². The van der Waals surface area contributed by atoms with Gasteiger partial charge in [0.1, 0.15) is 0 Å². The van der Waals surface area contributed by atoms with Crippen molar-refractivity contribution in [2.24, 2.45) is 0 Å². The van der Waals surface area contributed by atoms with E-state index < -0.39 is 0 Å². The zero-order valence-corrected chi connectivity index (χ0v) is 17.1. The zero-order valence-electron chi connectivity index (χ0n) is 17.1. The molecule has 0 unspecified atom stereocenters. The van der Waals surface area contributed by atoms with Crippen LogP contribution in [0.5, 0.6) is 0 Å². The lowest BCUT2D eigenvalue weighted by Crippen LogP contribution is -2.35. The molecule has 1 aliphatic heterocycles. The van der Waals surface area contributed by atoms with Gasteiger partial charge in [0.25, 0.3) is 5.91 Å². The third kappa shape index (κ3) is 6.56. The van der Waals surface area contributed by atoms with Crippen molar-refractivity contribution in [2.75, 3.05) is 23.3 Å². The summed E-state index contributed by atoms with van der Waals surface area (Å²) in [6.45, 7) is 8.15. The average Bonchev–Trinajstić information content (AvgIpc) is 2.68. The Hall–Kier alpha value is -2.04. The number of carbonyl (C=O) groups excluding carboxylic acids is 2. The van der Waals surface area contributed by atoms with Gasteiger partial charge in [-0.15, -0.1) is 0 Å². The summed E-state index contributed by atoms with van der Waals surface area (Å²) in [6.07, 6.45) is 8.02. The molecule has 1 aliphatic rings. The monoisotopic (exact) mass is 373 g/mol. The fraction of sp³-hybridized carbons (Fsp3) is 0.636. The summed E-state index contributed by atoms with van der Waals surface area (Å²) in [5, 5.41) is 6.03. The minimum atomic E-state index is -0.0630. The number of rotatable bonds is 9. The molecule has 2 N–H and O–H groups in total. The van der Waals surface area contributed by atoms with Crippen molar-refractivity contribution in [3.05, 3.63) is 23.8 Å². The van der Waals surface area contributed by atoms with Crippen LogP contribution >= 0.6 is 0 Å². The highest BCUT2D eigenvalue weighted by atomic mass is 16.2. The minimum Gasteiger partial charge on any atom is -0.371 e. The number of benzene rings is 1. The summed E-state index contributed by atoms with van der Waals surface area (Å²) in [4.78, 5) is 27.3. The van der Waals surface area contributed by atoms with E-state index in [0.717, 1.165) is 57.3 Å². The maximum atomic E-state index is 12.9. The second kappa shape index (κ2) is 11.0. The van der Waals surface area contributed by atoms with Crippen LogP contribution in [0, 0.1) is 0 Å². The van der Waals surface area contributed by atoms with Gasteiger partial charge in [-0.05, 0) is 57.2 Å². The summed E-state index contributed by atoms with van der Waals surface area (Å²) in [5.74, 6) is -0.0468. The third-order valence-electron chi connectivity index (χ3n) is 5.22. The Labute approximate surface area is 163 Å². The molecule has 0 saturated carbocycles. The molecule has 1 heterocycles. The van der Waals surface area contributed by atoms with Gasteiger partial charge in [-0.1, -0.05) is 26.7 Å². The van der Waals surface area contributed by atoms with E-state index in [9.17, 15) is 9.59 Å². The van der Waals surface area contributed by atoms with Gasteiger partial charge in [-0.3, -0.25) is 9.59 Å². The summed E-state index contributed by atoms with van der Waals surface area (Å²) >= 11 is 0. The number of unbranched alkanes of at least 4 members (excludes halogenated alkanes) is 2. The minimum absolute atomic E-state index is 0.0162. The molecule has 1 atom stereocenters. The molecule has 1 aromatic carbocycles. The molecular weight excluding hydrogens is 338 g/mol. The molecule has 2 rings (SSSR count). The van der Waals surface area contributed by atoms with Crippen LogP contribution in [0.3, 0.4) is 0 Å². The maximum absolute atomic E-state index is 12.9. The first-order valence-corrected chi connectivity index (χ1v) is 10.5. The molecule has 2 amide bonds. The van der Waals surface area contributed by atoms with Gasteiger partial charge < -0.3 is 15.5 Å². The lowest BCUT2D eigenvalue weighted by molar-refractivity contribution is -0.116. The topological polar surface area (TPSA) is 61.4 Å². The van der Waals surface area contributed by atoms with E-state index in [0.29, 0.717) is 17.7 Å².